The Bertz CT molecular complexity index is 1160. The van der Waals surface area contributed by atoms with Crippen LogP contribution in [-0.2, 0) is 11.3 Å². The van der Waals surface area contributed by atoms with Gasteiger partial charge in [-0.05, 0) is 54.9 Å². The molecule has 3 aromatic rings. The van der Waals surface area contributed by atoms with Gasteiger partial charge in [0.15, 0.2) is 5.65 Å². The first-order chi connectivity index (χ1) is 14.0. The number of ether oxygens (including phenoxy) is 1. The standard InChI is InChI=1S/C20H19BrF2N4O3/c1-20(2,3)26-15(28)10-27-17(11-5-4-6-13(7-11)30-19(22)23)25-16-14(18(27)29)8-12(21)9-24-16/h4-9,19H,10H2,1-3H3,(H,26,28). The maximum absolute atomic E-state index is 13.2. The molecular weight excluding hydrogens is 462 g/mol. The molecule has 10 heteroatoms. The van der Waals surface area contributed by atoms with Crippen molar-refractivity contribution in [1.82, 2.24) is 19.9 Å². The van der Waals surface area contributed by atoms with Crippen LogP contribution >= 0.6 is 15.9 Å². The molecule has 0 aliphatic carbocycles. The normalized spacial score (nSPS) is 11.7. The highest BCUT2D eigenvalue weighted by molar-refractivity contribution is 9.10. The first-order valence-corrected chi connectivity index (χ1v) is 9.75. The first kappa shape index (κ1) is 21.8. The van der Waals surface area contributed by atoms with Crippen LogP contribution in [-0.4, -0.2) is 32.6 Å². The van der Waals surface area contributed by atoms with Crippen LogP contribution in [0.15, 0.2) is 45.8 Å². The third-order valence-corrected chi connectivity index (χ3v) is 4.34. The van der Waals surface area contributed by atoms with Crippen molar-refractivity contribution in [3.63, 3.8) is 0 Å². The Morgan fingerprint density at radius 1 is 1.30 bits per heavy atom. The number of halogens is 3. The van der Waals surface area contributed by atoms with Crippen LogP contribution in [0.2, 0.25) is 0 Å². The molecule has 3 rings (SSSR count). The molecule has 0 unspecified atom stereocenters. The van der Waals surface area contributed by atoms with Gasteiger partial charge in [-0.2, -0.15) is 8.78 Å². The molecule has 0 aliphatic heterocycles. The predicted octanol–water partition coefficient (Wildman–Crippen LogP) is 3.74. The van der Waals surface area contributed by atoms with E-state index in [9.17, 15) is 18.4 Å². The van der Waals surface area contributed by atoms with E-state index in [1.807, 2.05) is 20.8 Å². The smallest absolute Gasteiger partial charge is 0.387 e. The lowest BCUT2D eigenvalue weighted by molar-refractivity contribution is -0.123. The minimum atomic E-state index is -3.00. The van der Waals surface area contributed by atoms with Crippen LogP contribution in [0.1, 0.15) is 20.8 Å². The molecule has 0 radical (unpaired) electrons. The molecule has 0 saturated heterocycles. The summed E-state index contributed by atoms with van der Waals surface area (Å²) in [7, 11) is 0. The van der Waals surface area contributed by atoms with Crippen molar-refractivity contribution in [2.45, 2.75) is 39.5 Å². The van der Waals surface area contributed by atoms with Gasteiger partial charge in [0.2, 0.25) is 5.91 Å². The highest BCUT2D eigenvalue weighted by Gasteiger charge is 2.20. The van der Waals surface area contributed by atoms with Gasteiger partial charge < -0.3 is 10.1 Å². The number of carbonyl (C=O) groups is 1. The second kappa shape index (κ2) is 8.47. The van der Waals surface area contributed by atoms with Crippen molar-refractivity contribution in [2.24, 2.45) is 0 Å². The van der Waals surface area contributed by atoms with Crippen molar-refractivity contribution in [1.29, 1.82) is 0 Å². The zero-order valence-electron chi connectivity index (χ0n) is 16.4. The lowest BCUT2D eigenvalue weighted by Crippen LogP contribution is -2.43. The van der Waals surface area contributed by atoms with Crippen molar-refractivity contribution in [3.05, 3.63) is 51.4 Å². The lowest BCUT2D eigenvalue weighted by Gasteiger charge is -2.21. The summed E-state index contributed by atoms with van der Waals surface area (Å²) in [6.45, 7) is 2.16. The Morgan fingerprint density at radius 3 is 2.70 bits per heavy atom. The van der Waals surface area contributed by atoms with Crippen LogP contribution in [0.4, 0.5) is 8.78 Å². The van der Waals surface area contributed by atoms with Crippen molar-refractivity contribution >= 4 is 32.9 Å². The molecule has 1 aromatic carbocycles. The quantitative estimate of drug-likeness (QED) is 0.600. The monoisotopic (exact) mass is 480 g/mol. The summed E-state index contributed by atoms with van der Waals surface area (Å²) in [5, 5.41) is 3.01. The van der Waals surface area contributed by atoms with Gasteiger partial charge in [-0.1, -0.05) is 12.1 Å². The number of hydrogen-bond acceptors (Lipinski definition) is 5. The fraction of sp³-hybridized carbons (Fsp3) is 0.300. The molecule has 0 bridgehead atoms. The fourth-order valence-electron chi connectivity index (χ4n) is 2.86. The Hall–Kier alpha value is -2.88. The van der Waals surface area contributed by atoms with Crippen LogP contribution in [0.5, 0.6) is 5.75 Å². The summed E-state index contributed by atoms with van der Waals surface area (Å²) in [6, 6.07) is 7.34. The van der Waals surface area contributed by atoms with Gasteiger partial charge in [-0.3, -0.25) is 14.2 Å². The molecule has 2 heterocycles. The molecule has 0 fully saturated rings. The van der Waals surface area contributed by atoms with E-state index in [0.717, 1.165) is 0 Å². The van der Waals surface area contributed by atoms with E-state index in [4.69, 9.17) is 0 Å². The molecule has 0 aliphatic rings. The van der Waals surface area contributed by atoms with Crippen LogP contribution < -0.4 is 15.6 Å². The van der Waals surface area contributed by atoms with Crippen LogP contribution in [0.3, 0.4) is 0 Å². The number of aromatic nitrogens is 3. The second-order valence-electron chi connectivity index (χ2n) is 7.56. The summed E-state index contributed by atoms with van der Waals surface area (Å²) >= 11 is 3.27. The van der Waals surface area contributed by atoms with E-state index in [1.54, 1.807) is 12.1 Å². The SMILES string of the molecule is CC(C)(C)NC(=O)Cn1c(-c2cccc(OC(F)F)c2)nc2ncc(Br)cc2c1=O. The van der Waals surface area contributed by atoms with E-state index in [2.05, 4.69) is 36.0 Å². The van der Waals surface area contributed by atoms with Gasteiger partial charge in [-0.15, -0.1) is 0 Å². The minimum Gasteiger partial charge on any atom is -0.435 e. The molecule has 30 heavy (non-hydrogen) atoms. The van der Waals surface area contributed by atoms with Crippen molar-refractivity contribution in [2.75, 3.05) is 0 Å². The largest absolute Gasteiger partial charge is 0.435 e. The number of alkyl halides is 2. The third-order valence-electron chi connectivity index (χ3n) is 3.91. The Balaban J connectivity index is 2.18. The van der Waals surface area contributed by atoms with Gasteiger partial charge >= 0.3 is 6.61 Å². The molecule has 0 atom stereocenters. The molecule has 2 aromatic heterocycles. The van der Waals surface area contributed by atoms with E-state index in [-0.39, 0.29) is 29.2 Å². The number of hydrogen-bond donors (Lipinski definition) is 1. The second-order valence-corrected chi connectivity index (χ2v) is 8.47. The number of nitrogens with zero attached hydrogens (tertiary/aromatic N) is 3. The number of fused-ring (bicyclic) bond motifs is 1. The van der Waals surface area contributed by atoms with Crippen LogP contribution in [0.25, 0.3) is 22.4 Å². The van der Waals surface area contributed by atoms with Crippen LogP contribution in [0, 0.1) is 0 Å². The topological polar surface area (TPSA) is 86.1 Å². The highest BCUT2D eigenvalue weighted by Crippen LogP contribution is 2.24. The summed E-state index contributed by atoms with van der Waals surface area (Å²) in [5.41, 5.74) is -0.472. The summed E-state index contributed by atoms with van der Waals surface area (Å²) in [4.78, 5) is 34.3. The molecule has 1 amide bonds. The van der Waals surface area contributed by atoms with Gasteiger partial charge in [0.25, 0.3) is 5.56 Å². The minimum absolute atomic E-state index is 0.0914. The van der Waals surface area contributed by atoms with E-state index >= 15 is 0 Å². The maximum atomic E-state index is 13.2. The van der Waals surface area contributed by atoms with E-state index in [1.165, 1.54) is 29.0 Å². The number of nitrogens with one attached hydrogen (secondary N) is 1. The van der Waals surface area contributed by atoms with Gasteiger partial charge in [0.1, 0.15) is 18.1 Å². The van der Waals surface area contributed by atoms with Crippen molar-refractivity contribution in [3.8, 4) is 17.1 Å². The lowest BCUT2D eigenvalue weighted by atomic mass is 10.1. The summed E-state index contributed by atoms with van der Waals surface area (Å²) in [6.07, 6.45) is 1.49. The molecule has 0 spiro atoms. The average Bonchev–Trinajstić information content (AvgIpc) is 2.62. The first-order valence-electron chi connectivity index (χ1n) is 8.96. The predicted molar refractivity (Wildman–Crippen MR) is 111 cm³/mol. The number of amides is 1. The molecular formula is C20H19BrF2N4O3. The van der Waals surface area contributed by atoms with Gasteiger partial charge in [-0.25, -0.2) is 9.97 Å². The Labute approximate surface area is 179 Å². The zero-order chi connectivity index (χ0) is 22.1. The number of benzene rings is 1. The number of pyridine rings is 1. The molecule has 158 valence electrons. The van der Waals surface area contributed by atoms with Crippen molar-refractivity contribution < 1.29 is 18.3 Å². The van der Waals surface area contributed by atoms with Gasteiger partial charge in [0, 0.05) is 21.8 Å². The Morgan fingerprint density at radius 2 is 2.03 bits per heavy atom. The average molecular weight is 481 g/mol. The Kier molecular flexibility index (Phi) is 6.16. The zero-order valence-corrected chi connectivity index (χ0v) is 18.0. The molecule has 0 saturated carbocycles. The van der Waals surface area contributed by atoms with E-state index < -0.39 is 23.6 Å². The fourth-order valence-corrected chi connectivity index (χ4v) is 3.19. The number of rotatable bonds is 5. The molecule has 7 nitrogen and oxygen atoms in total. The number of carbonyl (C=O) groups excluding carboxylic acids is 1. The summed E-state index contributed by atoms with van der Waals surface area (Å²) < 4.78 is 31.5. The van der Waals surface area contributed by atoms with Gasteiger partial charge in [0.05, 0.1) is 5.39 Å². The summed E-state index contributed by atoms with van der Waals surface area (Å²) in [5.74, 6) is -0.368. The van der Waals surface area contributed by atoms with E-state index in [0.29, 0.717) is 10.0 Å². The molecule has 1 N–H and O–H groups in total. The highest BCUT2D eigenvalue weighted by atomic mass is 79.9. The maximum Gasteiger partial charge on any atom is 0.387 e. The third kappa shape index (κ3) is 5.18.